The van der Waals surface area contributed by atoms with Gasteiger partial charge in [-0.15, -0.1) is 11.3 Å². The molecule has 0 aliphatic heterocycles. The fraction of sp³-hybridized carbons (Fsp3) is 0.231. The lowest BCUT2D eigenvalue weighted by atomic mass is 10.0. The number of nitrogens with one attached hydrogen (secondary N) is 1. The Kier molecular flexibility index (Phi) is 4.85. The maximum Gasteiger partial charge on any atom is 0.0656 e. The Balaban J connectivity index is 2.39. The van der Waals surface area contributed by atoms with Crippen molar-refractivity contribution in [2.75, 3.05) is 6.54 Å². The van der Waals surface area contributed by atoms with Crippen molar-refractivity contribution >= 4 is 45.5 Å². The van der Waals surface area contributed by atoms with Crippen molar-refractivity contribution in [2.24, 2.45) is 0 Å². The van der Waals surface area contributed by atoms with Crippen molar-refractivity contribution in [1.82, 2.24) is 5.32 Å². The van der Waals surface area contributed by atoms with Gasteiger partial charge in [-0.2, -0.15) is 0 Å². The van der Waals surface area contributed by atoms with Crippen molar-refractivity contribution in [1.29, 1.82) is 0 Å². The van der Waals surface area contributed by atoms with Gasteiger partial charge in [0.1, 0.15) is 0 Å². The fourth-order valence-electron chi connectivity index (χ4n) is 1.80. The average molecular weight is 378 g/mol. The molecule has 0 fully saturated rings. The Morgan fingerprint density at radius 3 is 2.76 bits per heavy atom. The largest absolute Gasteiger partial charge is 0.306 e. The molecule has 17 heavy (non-hydrogen) atoms. The lowest BCUT2D eigenvalue weighted by Gasteiger charge is -2.18. The lowest BCUT2D eigenvalue weighted by Crippen LogP contribution is -2.21. The first-order valence-electron chi connectivity index (χ1n) is 5.44. The van der Waals surface area contributed by atoms with Crippen LogP contribution in [0.15, 0.2) is 35.7 Å². The molecule has 4 heteroatoms. The van der Waals surface area contributed by atoms with Gasteiger partial charge in [0.15, 0.2) is 0 Å². The molecule has 0 amide bonds. The smallest absolute Gasteiger partial charge is 0.0656 e. The topological polar surface area (TPSA) is 12.0 Å². The molecule has 0 saturated carbocycles. The second-order valence-electron chi connectivity index (χ2n) is 3.70. The second kappa shape index (κ2) is 6.18. The summed E-state index contributed by atoms with van der Waals surface area (Å²) in [4.78, 5) is 0. The summed E-state index contributed by atoms with van der Waals surface area (Å²) in [5.41, 5.74) is 2.43. The third kappa shape index (κ3) is 3.22. The Morgan fingerprint density at radius 2 is 2.18 bits per heavy atom. The molecule has 1 aromatic heterocycles. The molecule has 0 bridgehead atoms. The third-order valence-electron chi connectivity index (χ3n) is 2.55. The molecule has 1 N–H and O–H groups in total. The van der Waals surface area contributed by atoms with Crippen LogP contribution in [0.4, 0.5) is 0 Å². The van der Waals surface area contributed by atoms with Crippen molar-refractivity contribution < 1.29 is 0 Å². The van der Waals surface area contributed by atoms with Gasteiger partial charge >= 0.3 is 0 Å². The van der Waals surface area contributed by atoms with E-state index >= 15 is 0 Å². The fourth-order valence-corrected chi connectivity index (χ4v) is 3.44. The zero-order valence-corrected chi connectivity index (χ0v) is 13.1. The van der Waals surface area contributed by atoms with Gasteiger partial charge in [0.2, 0.25) is 0 Å². The van der Waals surface area contributed by atoms with Crippen LogP contribution in [0.1, 0.15) is 24.1 Å². The molecule has 0 aliphatic rings. The lowest BCUT2D eigenvalue weighted by molar-refractivity contribution is 0.632. The van der Waals surface area contributed by atoms with Crippen LogP contribution in [-0.2, 0) is 0 Å². The third-order valence-corrected chi connectivity index (χ3v) is 4.70. The predicted octanol–water partition coefficient (Wildman–Crippen LogP) is 4.71. The molecule has 0 aliphatic carbocycles. The van der Waals surface area contributed by atoms with Crippen LogP contribution in [0, 0.1) is 2.88 Å². The van der Waals surface area contributed by atoms with Gasteiger partial charge in [0.25, 0.3) is 0 Å². The molecule has 1 heterocycles. The Hall–Kier alpha value is -0.100. The highest BCUT2D eigenvalue weighted by molar-refractivity contribution is 14.1. The number of hydrogen-bond donors (Lipinski definition) is 1. The summed E-state index contributed by atoms with van der Waals surface area (Å²) in [5, 5.41) is 6.50. The highest BCUT2D eigenvalue weighted by Gasteiger charge is 2.16. The Morgan fingerprint density at radius 1 is 1.41 bits per heavy atom. The molecule has 0 spiro atoms. The zero-order chi connectivity index (χ0) is 12.3. The van der Waals surface area contributed by atoms with Crippen LogP contribution >= 0.6 is 45.5 Å². The molecule has 1 unspecified atom stereocenters. The second-order valence-corrected chi connectivity index (χ2v) is 6.91. The molecule has 0 saturated heterocycles. The number of hydrogen-bond acceptors (Lipinski definition) is 2. The number of rotatable bonds is 4. The van der Waals surface area contributed by atoms with E-state index < -0.39 is 0 Å². The molecule has 1 atom stereocenters. The molecule has 90 valence electrons. The normalized spacial score (nSPS) is 12.6. The Bertz CT molecular complexity index is 498. The van der Waals surface area contributed by atoms with Gasteiger partial charge < -0.3 is 5.32 Å². The average Bonchev–Trinajstić information content (AvgIpc) is 2.74. The van der Waals surface area contributed by atoms with Crippen LogP contribution in [-0.4, -0.2) is 6.54 Å². The summed E-state index contributed by atoms with van der Waals surface area (Å²) in [6, 6.07) is 10.4. The van der Waals surface area contributed by atoms with E-state index in [1.807, 2.05) is 18.2 Å². The van der Waals surface area contributed by atoms with Crippen molar-refractivity contribution in [3.05, 3.63) is 54.7 Å². The SMILES string of the molecule is CCNC(c1csc(I)c1)c1ccccc1Cl. The van der Waals surface area contributed by atoms with Crippen molar-refractivity contribution in [2.45, 2.75) is 13.0 Å². The van der Waals surface area contributed by atoms with Crippen LogP contribution in [0.3, 0.4) is 0 Å². The van der Waals surface area contributed by atoms with Gasteiger partial charge in [-0.25, -0.2) is 0 Å². The van der Waals surface area contributed by atoms with Crippen molar-refractivity contribution in [3.63, 3.8) is 0 Å². The van der Waals surface area contributed by atoms with E-state index in [2.05, 4.69) is 52.3 Å². The first-order valence-corrected chi connectivity index (χ1v) is 7.77. The van der Waals surface area contributed by atoms with E-state index in [4.69, 9.17) is 11.6 Å². The molecular weight excluding hydrogens is 365 g/mol. The van der Waals surface area contributed by atoms with Gasteiger partial charge in [-0.1, -0.05) is 36.7 Å². The summed E-state index contributed by atoms with van der Waals surface area (Å²) >= 11 is 10.4. The summed E-state index contributed by atoms with van der Waals surface area (Å²) in [6.45, 7) is 3.03. The van der Waals surface area contributed by atoms with Gasteiger partial charge in [0, 0.05) is 5.02 Å². The standard InChI is InChI=1S/C13H13ClINS/c1-2-16-13(9-7-12(15)17-8-9)10-5-3-4-6-11(10)14/h3-8,13,16H,2H2,1H3. The van der Waals surface area contributed by atoms with E-state index in [-0.39, 0.29) is 6.04 Å². The summed E-state index contributed by atoms with van der Waals surface area (Å²) in [6.07, 6.45) is 0. The number of benzene rings is 1. The molecule has 2 rings (SSSR count). The maximum absolute atomic E-state index is 6.27. The van der Waals surface area contributed by atoms with Gasteiger partial charge in [-0.05, 0) is 57.8 Å². The first kappa shape index (κ1) is 13.3. The highest BCUT2D eigenvalue weighted by atomic mass is 127. The summed E-state index contributed by atoms with van der Waals surface area (Å²) < 4.78 is 1.30. The van der Waals surface area contributed by atoms with Crippen molar-refractivity contribution in [3.8, 4) is 0 Å². The zero-order valence-electron chi connectivity index (χ0n) is 9.41. The molecular formula is C13H13ClINS. The van der Waals surface area contributed by atoms with Crippen LogP contribution < -0.4 is 5.32 Å². The monoisotopic (exact) mass is 377 g/mol. The minimum atomic E-state index is 0.188. The van der Waals surface area contributed by atoms with E-state index in [0.29, 0.717) is 0 Å². The quantitative estimate of drug-likeness (QED) is 0.761. The van der Waals surface area contributed by atoms with Crippen LogP contribution in [0.2, 0.25) is 5.02 Å². The summed E-state index contributed by atoms with van der Waals surface area (Å²) in [5.74, 6) is 0. The molecule has 2 aromatic rings. The number of thiophene rings is 1. The van der Waals surface area contributed by atoms with Gasteiger partial charge in [0.05, 0.1) is 8.93 Å². The maximum atomic E-state index is 6.27. The minimum absolute atomic E-state index is 0.188. The minimum Gasteiger partial charge on any atom is -0.306 e. The van der Waals surface area contributed by atoms with E-state index in [1.54, 1.807) is 11.3 Å². The summed E-state index contributed by atoms with van der Waals surface area (Å²) in [7, 11) is 0. The Labute approximate surface area is 124 Å². The van der Waals surface area contributed by atoms with Crippen LogP contribution in [0.25, 0.3) is 0 Å². The van der Waals surface area contributed by atoms with Gasteiger partial charge in [-0.3, -0.25) is 0 Å². The molecule has 1 nitrogen and oxygen atoms in total. The van der Waals surface area contributed by atoms with E-state index in [0.717, 1.165) is 17.1 Å². The first-order chi connectivity index (χ1) is 8.22. The molecule has 1 aromatic carbocycles. The van der Waals surface area contributed by atoms with E-state index in [9.17, 15) is 0 Å². The highest BCUT2D eigenvalue weighted by Crippen LogP contribution is 2.31. The van der Waals surface area contributed by atoms with E-state index in [1.165, 1.54) is 8.45 Å². The predicted molar refractivity (Wildman–Crippen MR) is 84.0 cm³/mol. The molecule has 0 radical (unpaired) electrons. The number of halogens is 2. The van der Waals surface area contributed by atoms with Crippen LogP contribution in [0.5, 0.6) is 0 Å².